The molecular formula is C32H38N2O11. The van der Waals surface area contributed by atoms with Gasteiger partial charge in [0.1, 0.15) is 35.6 Å². The largest absolute Gasteiger partial charge is 0.507 e. The maximum Gasteiger partial charge on any atom is 0.202 e. The number of nitrogens with zero attached hydrogens (tertiary/aromatic N) is 2. The Bertz CT molecular complexity index is 1550. The first-order valence-corrected chi connectivity index (χ1v) is 14.9. The summed E-state index contributed by atoms with van der Waals surface area (Å²) in [5.41, 5.74) is -3.62. The summed E-state index contributed by atoms with van der Waals surface area (Å²) in [4.78, 5) is 46.7. The monoisotopic (exact) mass is 626 g/mol. The molecule has 242 valence electrons. The van der Waals surface area contributed by atoms with Crippen LogP contribution in [0.1, 0.15) is 82.7 Å². The number of methoxy groups -OCH3 is 1. The molecule has 0 saturated carbocycles. The molecule has 1 saturated heterocycles. The number of carbonyl (C=O) groups is 3. The van der Waals surface area contributed by atoms with Gasteiger partial charge in [0.25, 0.3) is 0 Å². The number of hydrogen-bond donors (Lipinski definition) is 5. The Morgan fingerprint density at radius 2 is 1.82 bits per heavy atom. The lowest BCUT2D eigenvalue weighted by molar-refractivity contribution is -0.247. The summed E-state index contributed by atoms with van der Waals surface area (Å²) < 4.78 is 17.5. The van der Waals surface area contributed by atoms with Crippen molar-refractivity contribution in [3.05, 3.63) is 51.6 Å². The van der Waals surface area contributed by atoms with Crippen molar-refractivity contribution >= 4 is 23.7 Å². The number of aromatic hydroxyl groups is 2. The topological polar surface area (TPSA) is 196 Å². The van der Waals surface area contributed by atoms with Gasteiger partial charge in [-0.3, -0.25) is 19.4 Å². The third-order valence-corrected chi connectivity index (χ3v) is 8.96. The van der Waals surface area contributed by atoms with Crippen molar-refractivity contribution in [2.75, 3.05) is 26.8 Å². The minimum atomic E-state index is -2.26. The number of phenolic OH excluding ortho intramolecular Hbond substituents is 2. The third kappa shape index (κ3) is 5.48. The Labute approximate surface area is 259 Å². The number of phenols is 2. The van der Waals surface area contributed by atoms with Gasteiger partial charge < -0.3 is 44.6 Å². The van der Waals surface area contributed by atoms with E-state index in [0.717, 1.165) is 0 Å². The van der Waals surface area contributed by atoms with E-state index in [1.165, 1.54) is 25.3 Å². The Hall–Kier alpha value is -3.88. The molecule has 5 N–H and O–H groups in total. The van der Waals surface area contributed by atoms with Crippen molar-refractivity contribution in [1.29, 1.82) is 0 Å². The smallest absolute Gasteiger partial charge is 0.202 e. The zero-order valence-corrected chi connectivity index (χ0v) is 25.5. The molecule has 0 bridgehead atoms. The summed E-state index contributed by atoms with van der Waals surface area (Å²) in [7, 11) is 1.33. The average Bonchev–Trinajstić information content (AvgIpc) is 3.02. The number of ketones is 3. The van der Waals surface area contributed by atoms with Crippen LogP contribution in [-0.2, 0) is 20.7 Å². The molecule has 13 heteroatoms. The molecular weight excluding hydrogens is 588 g/mol. The number of fused-ring (bicyclic) bond motifs is 3. The predicted molar refractivity (Wildman–Crippen MR) is 159 cm³/mol. The summed E-state index contributed by atoms with van der Waals surface area (Å²) in [5.74, 6) is -3.75. The maximum atomic E-state index is 13.8. The van der Waals surface area contributed by atoms with Gasteiger partial charge in [-0.15, -0.1) is 0 Å². The highest BCUT2D eigenvalue weighted by Gasteiger charge is 2.50. The number of ether oxygens (including phenoxy) is 3. The van der Waals surface area contributed by atoms with E-state index in [0.29, 0.717) is 13.1 Å². The molecule has 2 aliphatic carbocycles. The van der Waals surface area contributed by atoms with Gasteiger partial charge in [-0.25, -0.2) is 0 Å². The number of carbonyl (C=O) groups excluding carboxylic acids is 3. The molecule has 2 aromatic rings. The van der Waals surface area contributed by atoms with Crippen molar-refractivity contribution in [2.45, 2.75) is 76.3 Å². The quantitative estimate of drug-likeness (QED) is 0.130. The zero-order chi connectivity index (χ0) is 32.8. The van der Waals surface area contributed by atoms with E-state index in [1.54, 1.807) is 13.3 Å². The fourth-order valence-electron chi connectivity index (χ4n) is 6.41. The first-order chi connectivity index (χ1) is 21.4. The van der Waals surface area contributed by atoms with Gasteiger partial charge in [-0.05, 0) is 26.8 Å². The molecule has 45 heavy (non-hydrogen) atoms. The highest BCUT2D eigenvalue weighted by Crippen LogP contribution is 2.52. The second-order valence-electron chi connectivity index (χ2n) is 11.5. The van der Waals surface area contributed by atoms with Crippen LogP contribution < -0.4 is 4.74 Å². The molecule has 5 unspecified atom stereocenters. The standard InChI is InChI=1S/C32H38N2O11/c1-5-34(6-2)14-33-18-10-22(44-15(3)27(18)37)45-20-12-32(42,21(36)13-35)11-17-24(20)31(41)26-25(29(17)39)28(38)16-8-7-9-19(43-4)23(16)30(26)40/h7-9,14-15,18,20,22,27,35,37,39,41-42H,5-6,10-13H2,1-4H3/t15?,18?,20-,22?,27?,32?/m0/s1. The van der Waals surface area contributed by atoms with E-state index < -0.39 is 95.7 Å². The number of hydrogen-bond acceptors (Lipinski definition) is 12. The Morgan fingerprint density at radius 3 is 2.47 bits per heavy atom. The van der Waals surface area contributed by atoms with E-state index in [1.807, 2.05) is 18.7 Å². The molecule has 0 aromatic heterocycles. The van der Waals surface area contributed by atoms with Crippen LogP contribution in [0.25, 0.3) is 0 Å². The van der Waals surface area contributed by atoms with Crippen molar-refractivity contribution in [1.82, 2.24) is 4.90 Å². The van der Waals surface area contributed by atoms with Gasteiger partial charge in [0.15, 0.2) is 17.9 Å². The van der Waals surface area contributed by atoms with Gasteiger partial charge in [-0.2, -0.15) is 0 Å². The molecule has 5 rings (SSSR count). The molecule has 13 nitrogen and oxygen atoms in total. The van der Waals surface area contributed by atoms with Gasteiger partial charge in [0.05, 0.1) is 48.4 Å². The second kappa shape index (κ2) is 12.5. The Morgan fingerprint density at radius 1 is 1.13 bits per heavy atom. The van der Waals surface area contributed by atoms with E-state index in [-0.39, 0.29) is 34.4 Å². The van der Waals surface area contributed by atoms with Crippen LogP contribution in [0.3, 0.4) is 0 Å². The minimum absolute atomic E-state index is 0.0498. The normalized spacial score (nSPS) is 27.6. The van der Waals surface area contributed by atoms with E-state index in [9.17, 15) is 39.9 Å². The molecule has 2 aromatic carbocycles. The van der Waals surface area contributed by atoms with Crippen LogP contribution in [0.2, 0.25) is 0 Å². The van der Waals surface area contributed by atoms with Crippen LogP contribution in [0.15, 0.2) is 23.2 Å². The minimum Gasteiger partial charge on any atom is -0.507 e. The van der Waals surface area contributed by atoms with Crippen LogP contribution in [0, 0.1) is 0 Å². The summed E-state index contributed by atoms with van der Waals surface area (Å²) >= 11 is 0. The number of rotatable bonds is 9. The maximum absolute atomic E-state index is 13.8. The predicted octanol–water partition coefficient (Wildman–Crippen LogP) is 1.41. The molecule has 0 spiro atoms. The van der Waals surface area contributed by atoms with Crippen LogP contribution in [0.4, 0.5) is 0 Å². The number of aliphatic imine (C=N–C) groups is 1. The summed E-state index contributed by atoms with van der Waals surface area (Å²) in [5, 5.41) is 55.0. The molecule has 6 atom stereocenters. The van der Waals surface area contributed by atoms with Gasteiger partial charge in [0.2, 0.25) is 5.78 Å². The lowest BCUT2D eigenvalue weighted by Crippen LogP contribution is -2.50. The summed E-state index contributed by atoms with van der Waals surface area (Å²) in [6, 6.07) is 3.75. The Kier molecular flexibility index (Phi) is 9.02. The zero-order valence-electron chi connectivity index (χ0n) is 25.5. The number of aliphatic hydroxyl groups excluding tert-OH is 2. The van der Waals surface area contributed by atoms with Crippen LogP contribution in [-0.4, -0.2) is 111 Å². The first-order valence-electron chi connectivity index (χ1n) is 14.9. The van der Waals surface area contributed by atoms with Crippen LogP contribution in [0.5, 0.6) is 17.2 Å². The van der Waals surface area contributed by atoms with Crippen molar-refractivity contribution in [3.8, 4) is 17.2 Å². The van der Waals surface area contributed by atoms with E-state index >= 15 is 0 Å². The highest BCUT2D eigenvalue weighted by molar-refractivity contribution is 6.31. The molecule has 3 aliphatic rings. The number of Topliss-reactive ketones (excluding diaryl/α,β-unsaturated/α-hetero) is 1. The molecule has 1 fully saturated rings. The fourth-order valence-corrected chi connectivity index (χ4v) is 6.41. The second-order valence-corrected chi connectivity index (χ2v) is 11.5. The SMILES string of the molecule is CCN(C=NC1CC(O[C@H]2CC(O)(C(=O)CO)Cc3c(O)c4c(c(O)c32)C(=O)c2c(OC)cccc2C4=O)OC(C)C1O)CC. The summed E-state index contributed by atoms with van der Waals surface area (Å²) in [6.45, 7) is 5.95. The summed E-state index contributed by atoms with van der Waals surface area (Å²) in [6.07, 6.45) is -3.47. The lowest BCUT2D eigenvalue weighted by Gasteiger charge is -2.42. The molecule has 0 radical (unpaired) electrons. The van der Waals surface area contributed by atoms with E-state index in [2.05, 4.69) is 4.99 Å². The van der Waals surface area contributed by atoms with Gasteiger partial charge in [-0.1, -0.05) is 12.1 Å². The number of aliphatic hydroxyl groups is 3. The number of benzene rings is 2. The first kappa shape index (κ1) is 32.5. The van der Waals surface area contributed by atoms with Crippen molar-refractivity contribution < 1.29 is 54.1 Å². The average molecular weight is 627 g/mol. The highest BCUT2D eigenvalue weighted by atomic mass is 16.7. The molecule has 0 amide bonds. The molecule has 1 aliphatic heterocycles. The van der Waals surface area contributed by atoms with Gasteiger partial charge in [0, 0.05) is 49.0 Å². The van der Waals surface area contributed by atoms with Crippen molar-refractivity contribution in [3.63, 3.8) is 0 Å². The van der Waals surface area contributed by atoms with E-state index in [4.69, 9.17) is 14.2 Å². The van der Waals surface area contributed by atoms with Crippen LogP contribution >= 0.6 is 0 Å². The molecule has 1 heterocycles. The fraction of sp³-hybridized carbons (Fsp3) is 0.500. The lowest BCUT2D eigenvalue weighted by atomic mass is 9.72. The Balaban J connectivity index is 1.61. The third-order valence-electron chi connectivity index (χ3n) is 8.96. The van der Waals surface area contributed by atoms with Crippen molar-refractivity contribution in [2.24, 2.45) is 4.99 Å². The van der Waals surface area contributed by atoms with Gasteiger partial charge >= 0.3 is 0 Å².